The van der Waals surface area contributed by atoms with Crippen LogP contribution in [0, 0.1) is 0 Å². The lowest BCUT2D eigenvalue weighted by Crippen LogP contribution is -2.13. The Hall–Kier alpha value is -0.380. The molecule has 1 rings (SSSR count). The Balaban J connectivity index is 0.000000561. The zero-order valence-electron chi connectivity index (χ0n) is 7.06. The van der Waals surface area contributed by atoms with Crippen LogP contribution in [0.4, 0.5) is 8.78 Å². The molecule has 0 saturated heterocycles. The van der Waals surface area contributed by atoms with Crippen molar-refractivity contribution in [2.45, 2.75) is 32.8 Å². The van der Waals surface area contributed by atoms with Crippen molar-refractivity contribution < 1.29 is 13.6 Å². The maximum atomic E-state index is 11.8. The first-order chi connectivity index (χ1) is 5.74. The van der Waals surface area contributed by atoms with E-state index in [0.717, 1.165) is 0 Å². The fraction of sp³-hybridized carbons (Fsp3) is 0.857. The Labute approximate surface area is 75.5 Å². The van der Waals surface area contributed by atoms with E-state index in [2.05, 4.69) is 9.99 Å². The van der Waals surface area contributed by atoms with Crippen LogP contribution < -0.4 is 0 Å². The Morgan fingerprint density at radius 1 is 1.67 bits per heavy atom. The van der Waals surface area contributed by atoms with Gasteiger partial charge in [-0.25, -0.2) is 8.78 Å². The molecule has 2 nitrogen and oxygen atoms in total. The quantitative estimate of drug-likeness (QED) is 0.627. The third kappa shape index (κ3) is 3.34. The summed E-state index contributed by atoms with van der Waals surface area (Å²) in [6, 6.07) is 0. The predicted octanol–water partition coefficient (Wildman–Crippen LogP) is 2.66. The topological polar surface area (TPSA) is 21.6 Å². The first-order valence-electron chi connectivity index (χ1n) is 3.80. The van der Waals surface area contributed by atoms with Crippen LogP contribution in [0.1, 0.15) is 20.3 Å². The number of oxime groups is 1. The molecule has 5 heteroatoms. The number of alkyl halides is 3. The fourth-order valence-electron chi connectivity index (χ4n) is 0.662. The van der Waals surface area contributed by atoms with E-state index in [1.54, 1.807) is 0 Å². The summed E-state index contributed by atoms with van der Waals surface area (Å²) in [7, 11) is 0. The van der Waals surface area contributed by atoms with Crippen LogP contribution >= 0.6 is 11.6 Å². The molecule has 0 aromatic rings. The van der Waals surface area contributed by atoms with Gasteiger partial charge in [-0.15, -0.1) is 11.6 Å². The summed E-state index contributed by atoms with van der Waals surface area (Å²) in [6.45, 7) is 4.00. The summed E-state index contributed by atoms with van der Waals surface area (Å²) in [4.78, 5) is 4.55. The lowest BCUT2D eigenvalue weighted by atomic mass is 10.2. The minimum absolute atomic E-state index is 0.154. The zero-order valence-corrected chi connectivity index (χ0v) is 7.81. The molecule has 0 amide bonds. The maximum Gasteiger partial charge on any atom is 0.279 e. The third-order valence-electron chi connectivity index (χ3n) is 1.18. The van der Waals surface area contributed by atoms with Gasteiger partial charge in [0.15, 0.2) is 0 Å². The molecule has 0 N–H and O–H groups in total. The lowest BCUT2D eigenvalue weighted by molar-refractivity contribution is 0.102. The van der Waals surface area contributed by atoms with Crippen LogP contribution in [0.15, 0.2) is 5.16 Å². The second-order valence-corrected chi connectivity index (χ2v) is 2.28. The van der Waals surface area contributed by atoms with E-state index in [1.807, 2.05) is 13.8 Å². The molecule has 1 aliphatic rings. The summed E-state index contributed by atoms with van der Waals surface area (Å²) >= 11 is 5.33. The van der Waals surface area contributed by atoms with Crippen molar-refractivity contribution in [2.24, 2.45) is 5.16 Å². The van der Waals surface area contributed by atoms with E-state index in [1.165, 1.54) is 0 Å². The van der Waals surface area contributed by atoms with Gasteiger partial charge >= 0.3 is 0 Å². The van der Waals surface area contributed by atoms with Crippen molar-refractivity contribution in [3.05, 3.63) is 0 Å². The number of nitrogens with zero attached hydrogens (tertiary/aromatic N) is 1. The number of rotatable bonds is 2. The minimum atomic E-state index is -2.51. The molecule has 0 spiro atoms. The van der Waals surface area contributed by atoms with Crippen LogP contribution in [-0.4, -0.2) is 24.1 Å². The van der Waals surface area contributed by atoms with Gasteiger partial charge in [-0.1, -0.05) is 19.0 Å². The largest absolute Gasteiger partial charge is 0.391 e. The second kappa shape index (κ2) is 6.17. The van der Waals surface area contributed by atoms with Gasteiger partial charge in [-0.05, 0) is 0 Å². The molecule has 1 unspecified atom stereocenters. The number of hydrogen-bond donors (Lipinski definition) is 0. The SMILES string of the molecule is CC.FC(F)C1=NOC(CCl)C1. The standard InChI is InChI=1S/C5H6ClF2NO.C2H6/c6-2-3-1-4(5(7)8)9-10-3;1-2/h3,5H,1-2H2;1-2H3. The monoisotopic (exact) mass is 199 g/mol. The molecular formula is C7H12ClF2NO. The normalized spacial score (nSPS) is 21.2. The molecule has 0 aliphatic carbocycles. The van der Waals surface area contributed by atoms with E-state index in [0.29, 0.717) is 0 Å². The highest BCUT2D eigenvalue weighted by atomic mass is 35.5. The second-order valence-electron chi connectivity index (χ2n) is 1.97. The van der Waals surface area contributed by atoms with Crippen LogP contribution in [0.2, 0.25) is 0 Å². The van der Waals surface area contributed by atoms with E-state index >= 15 is 0 Å². The molecule has 1 aliphatic heterocycles. The van der Waals surface area contributed by atoms with Crippen molar-refractivity contribution in [1.29, 1.82) is 0 Å². The highest BCUT2D eigenvalue weighted by molar-refractivity contribution is 6.18. The first-order valence-corrected chi connectivity index (χ1v) is 4.34. The van der Waals surface area contributed by atoms with E-state index in [-0.39, 0.29) is 24.1 Å². The first kappa shape index (κ1) is 11.6. The molecule has 0 aromatic carbocycles. The Morgan fingerprint density at radius 2 is 2.25 bits per heavy atom. The maximum absolute atomic E-state index is 11.8. The Bertz CT molecular complexity index is 152. The number of halogens is 3. The van der Waals surface area contributed by atoms with Crippen LogP contribution in [0.25, 0.3) is 0 Å². The average Bonchev–Trinajstić information content (AvgIpc) is 2.55. The van der Waals surface area contributed by atoms with Gasteiger partial charge < -0.3 is 4.84 Å². The van der Waals surface area contributed by atoms with Crippen LogP contribution in [0.5, 0.6) is 0 Å². The zero-order chi connectivity index (χ0) is 9.56. The van der Waals surface area contributed by atoms with E-state index in [9.17, 15) is 8.78 Å². The van der Waals surface area contributed by atoms with Crippen molar-refractivity contribution >= 4 is 17.3 Å². The van der Waals surface area contributed by atoms with E-state index in [4.69, 9.17) is 11.6 Å². The molecule has 1 atom stereocenters. The van der Waals surface area contributed by atoms with E-state index < -0.39 is 6.43 Å². The van der Waals surface area contributed by atoms with Crippen LogP contribution in [0.3, 0.4) is 0 Å². The summed E-state index contributed by atoms with van der Waals surface area (Å²) in [5, 5.41) is 3.17. The molecule has 0 fully saturated rings. The van der Waals surface area contributed by atoms with Gasteiger partial charge in [0.2, 0.25) is 0 Å². The predicted molar refractivity (Wildman–Crippen MR) is 45.0 cm³/mol. The third-order valence-corrected chi connectivity index (χ3v) is 1.52. The molecule has 0 radical (unpaired) electrons. The Morgan fingerprint density at radius 3 is 2.50 bits per heavy atom. The lowest BCUT2D eigenvalue weighted by Gasteiger charge is -1.99. The molecule has 1 heterocycles. The molecule has 0 bridgehead atoms. The molecule has 72 valence electrons. The van der Waals surface area contributed by atoms with Crippen molar-refractivity contribution in [3.8, 4) is 0 Å². The molecule has 0 saturated carbocycles. The van der Waals surface area contributed by atoms with Gasteiger partial charge in [-0.3, -0.25) is 0 Å². The fourth-order valence-corrected chi connectivity index (χ4v) is 0.827. The summed E-state index contributed by atoms with van der Waals surface area (Å²) in [5.41, 5.74) is -0.203. The number of hydrogen-bond acceptors (Lipinski definition) is 2. The highest BCUT2D eigenvalue weighted by Gasteiger charge is 2.25. The molecular weight excluding hydrogens is 188 g/mol. The van der Waals surface area contributed by atoms with Gasteiger partial charge in [-0.2, -0.15) is 0 Å². The Kier molecular flexibility index (Phi) is 5.98. The summed E-state index contributed by atoms with van der Waals surface area (Å²) in [5.74, 6) is 0.208. The van der Waals surface area contributed by atoms with Crippen molar-refractivity contribution in [2.75, 3.05) is 5.88 Å². The summed E-state index contributed by atoms with van der Waals surface area (Å²) in [6.07, 6.45) is -2.71. The van der Waals surface area contributed by atoms with Crippen molar-refractivity contribution in [1.82, 2.24) is 0 Å². The smallest absolute Gasteiger partial charge is 0.279 e. The van der Waals surface area contributed by atoms with Gasteiger partial charge in [0.05, 0.1) is 5.88 Å². The van der Waals surface area contributed by atoms with Gasteiger partial charge in [0, 0.05) is 6.42 Å². The minimum Gasteiger partial charge on any atom is -0.391 e. The molecule has 12 heavy (non-hydrogen) atoms. The van der Waals surface area contributed by atoms with Crippen molar-refractivity contribution in [3.63, 3.8) is 0 Å². The molecule has 0 aromatic heterocycles. The van der Waals surface area contributed by atoms with Crippen LogP contribution in [-0.2, 0) is 4.84 Å². The average molecular weight is 200 g/mol. The summed E-state index contributed by atoms with van der Waals surface area (Å²) < 4.78 is 23.6. The highest BCUT2D eigenvalue weighted by Crippen LogP contribution is 2.15. The van der Waals surface area contributed by atoms with Gasteiger partial charge in [0.25, 0.3) is 6.43 Å². The van der Waals surface area contributed by atoms with Gasteiger partial charge in [0.1, 0.15) is 11.8 Å².